The Labute approximate surface area is 117 Å². The molecule has 2 rings (SSSR count). The Balaban J connectivity index is 2.04. The average Bonchev–Trinajstić information content (AvgIpc) is 2.46. The average molecular weight is 272 g/mol. The Kier molecular flexibility index (Phi) is 4.60. The predicted octanol–water partition coefficient (Wildman–Crippen LogP) is 3.15. The highest BCUT2D eigenvalue weighted by atomic mass is 16.5. The van der Waals surface area contributed by atoms with Crippen LogP contribution in [0.4, 0.5) is 0 Å². The minimum atomic E-state index is -0.542. The van der Waals surface area contributed by atoms with Gasteiger partial charge in [0.15, 0.2) is 0 Å². The standard InChI is InChI=1S/C16H16O4/c1-2-19-16(18)14-9-8-13(10-15(14)17)20-11-12-6-4-3-5-7-12/h3-10,17H,2,11H2,1H3. The molecule has 0 aliphatic carbocycles. The Morgan fingerprint density at radius 1 is 1.15 bits per heavy atom. The zero-order chi connectivity index (χ0) is 14.4. The van der Waals surface area contributed by atoms with E-state index in [1.165, 1.54) is 12.1 Å². The van der Waals surface area contributed by atoms with Crippen molar-refractivity contribution in [2.45, 2.75) is 13.5 Å². The van der Waals surface area contributed by atoms with Crippen LogP contribution in [-0.4, -0.2) is 17.7 Å². The molecule has 20 heavy (non-hydrogen) atoms. The Bertz CT molecular complexity index is 578. The van der Waals surface area contributed by atoms with E-state index >= 15 is 0 Å². The fourth-order valence-corrected chi connectivity index (χ4v) is 1.72. The van der Waals surface area contributed by atoms with E-state index < -0.39 is 5.97 Å². The molecule has 0 bridgehead atoms. The molecule has 0 saturated heterocycles. The molecule has 0 aromatic heterocycles. The maximum atomic E-state index is 11.5. The summed E-state index contributed by atoms with van der Waals surface area (Å²) in [4.78, 5) is 11.5. The van der Waals surface area contributed by atoms with Gasteiger partial charge in [-0.1, -0.05) is 30.3 Å². The number of benzene rings is 2. The van der Waals surface area contributed by atoms with Gasteiger partial charge in [-0.25, -0.2) is 4.79 Å². The molecule has 2 aromatic rings. The second-order valence-corrected chi connectivity index (χ2v) is 4.17. The second-order valence-electron chi connectivity index (χ2n) is 4.17. The molecule has 0 amide bonds. The van der Waals surface area contributed by atoms with Crippen molar-refractivity contribution in [3.63, 3.8) is 0 Å². The molecule has 4 nitrogen and oxygen atoms in total. The van der Waals surface area contributed by atoms with Crippen molar-refractivity contribution in [3.05, 3.63) is 59.7 Å². The summed E-state index contributed by atoms with van der Waals surface area (Å²) in [5.74, 6) is -0.187. The molecular formula is C16H16O4. The van der Waals surface area contributed by atoms with Gasteiger partial charge >= 0.3 is 5.97 Å². The number of hydrogen-bond acceptors (Lipinski definition) is 4. The number of aromatic hydroxyl groups is 1. The highest BCUT2D eigenvalue weighted by molar-refractivity contribution is 5.92. The third kappa shape index (κ3) is 3.51. The first-order valence-electron chi connectivity index (χ1n) is 6.37. The lowest BCUT2D eigenvalue weighted by Crippen LogP contribution is -2.05. The highest BCUT2D eigenvalue weighted by Crippen LogP contribution is 2.24. The summed E-state index contributed by atoms with van der Waals surface area (Å²) in [6.45, 7) is 2.38. The number of esters is 1. The van der Waals surface area contributed by atoms with E-state index in [9.17, 15) is 9.90 Å². The van der Waals surface area contributed by atoms with Crippen LogP contribution in [0.2, 0.25) is 0 Å². The molecule has 1 N–H and O–H groups in total. The fraction of sp³-hybridized carbons (Fsp3) is 0.188. The molecular weight excluding hydrogens is 256 g/mol. The van der Waals surface area contributed by atoms with E-state index in [-0.39, 0.29) is 17.9 Å². The van der Waals surface area contributed by atoms with Gasteiger partial charge < -0.3 is 14.6 Å². The van der Waals surface area contributed by atoms with Crippen LogP contribution < -0.4 is 4.74 Å². The first-order valence-corrected chi connectivity index (χ1v) is 6.37. The van der Waals surface area contributed by atoms with Gasteiger partial charge in [-0.3, -0.25) is 0 Å². The van der Waals surface area contributed by atoms with Crippen LogP contribution in [0.25, 0.3) is 0 Å². The van der Waals surface area contributed by atoms with Gasteiger partial charge in [-0.2, -0.15) is 0 Å². The molecule has 0 radical (unpaired) electrons. The van der Waals surface area contributed by atoms with E-state index in [0.29, 0.717) is 12.4 Å². The first kappa shape index (κ1) is 13.9. The van der Waals surface area contributed by atoms with Crippen LogP contribution >= 0.6 is 0 Å². The molecule has 0 aliphatic heterocycles. The van der Waals surface area contributed by atoms with Crippen molar-refractivity contribution in [2.75, 3.05) is 6.61 Å². The Hall–Kier alpha value is -2.49. The highest BCUT2D eigenvalue weighted by Gasteiger charge is 2.12. The minimum Gasteiger partial charge on any atom is -0.507 e. The van der Waals surface area contributed by atoms with Crippen molar-refractivity contribution in [1.82, 2.24) is 0 Å². The number of rotatable bonds is 5. The van der Waals surface area contributed by atoms with Gasteiger partial charge in [0.2, 0.25) is 0 Å². The summed E-state index contributed by atoms with van der Waals surface area (Å²) >= 11 is 0. The van der Waals surface area contributed by atoms with Crippen LogP contribution in [0, 0.1) is 0 Å². The molecule has 104 valence electrons. The number of ether oxygens (including phenoxy) is 2. The van der Waals surface area contributed by atoms with Crippen molar-refractivity contribution >= 4 is 5.97 Å². The number of hydrogen-bond donors (Lipinski definition) is 1. The normalized spacial score (nSPS) is 10.1. The molecule has 4 heteroatoms. The van der Waals surface area contributed by atoms with E-state index in [1.54, 1.807) is 13.0 Å². The topological polar surface area (TPSA) is 55.8 Å². The zero-order valence-corrected chi connectivity index (χ0v) is 11.2. The summed E-state index contributed by atoms with van der Waals surface area (Å²) in [7, 11) is 0. The Morgan fingerprint density at radius 3 is 2.55 bits per heavy atom. The summed E-state index contributed by atoms with van der Waals surface area (Å²) in [6, 6.07) is 14.2. The monoisotopic (exact) mass is 272 g/mol. The predicted molar refractivity (Wildman–Crippen MR) is 74.8 cm³/mol. The fourth-order valence-electron chi connectivity index (χ4n) is 1.72. The Morgan fingerprint density at radius 2 is 1.90 bits per heavy atom. The molecule has 0 atom stereocenters. The van der Waals surface area contributed by atoms with Gasteiger partial charge in [0.05, 0.1) is 6.61 Å². The van der Waals surface area contributed by atoms with Gasteiger partial charge in [-0.15, -0.1) is 0 Å². The van der Waals surface area contributed by atoms with Crippen molar-refractivity contribution in [1.29, 1.82) is 0 Å². The first-order chi connectivity index (χ1) is 9.70. The minimum absolute atomic E-state index is 0.138. The number of phenolic OH excluding ortho intramolecular Hbond substituents is 1. The van der Waals surface area contributed by atoms with E-state index in [2.05, 4.69) is 0 Å². The van der Waals surface area contributed by atoms with Crippen molar-refractivity contribution in [3.8, 4) is 11.5 Å². The van der Waals surface area contributed by atoms with E-state index in [0.717, 1.165) is 5.56 Å². The summed E-state index contributed by atoms with van der Waals surface area (Å²) in [6.07, 6.45) is 0. The van der Waals surface area contributed by atoms with Crippen LogP contribution in [0.1, 0.15) is 22.8 Å². The molecule has 0 saturated carbocycles. The number of carbonyl (C=O) groups excluding carboxylic acids is 1. The van der Waals surface area contributed by atoms with Crippen LogP contribution in [0.15, 0.2) is 48.5 Å². The zero-order valence-electron chi connectivity index (χ0n) is 11.2. The SMILES string of the molecule is CCOC(=O)c1ccc(OCc2ccccc2)cc1O. The maximum absolute atomic E-state index is 11.5. The van der Waals surface area contributed by atoms with E-state index in [1.807, 2.05) is 30.3 Å². The summed E-state index contributed by atoms with van der Waals surface area (Å²) in [5.41, 5.74) is 1.17. The van der Waals surface area contributed by atoms with Gasteiger partial charge in [0.1, 0.15) is 23.7 Å². The molecule has 0 heterocycles. The van der Waals surface area contributed by atoms with Gasteiger partial charge in [-0.05, 0) is 24.6 Å². The largest absolute Gasteiger partial charge is 0.507 e. The third-order valence-electron chi connectivity index (χ3n) is 2.71. The van der Waals surface area contributed by atoms with Crippen molar-refractivity contribution < 1.29 is 19.4 Å². The van der Waals surface area contributed by atoms with Crippen LogP contribution in [0.3, 0.4) is 0 Å². The lowest BCUT2D eigenvalue weighted by Gasteiger charge is -2.09. The van der Waals surface area contributed by atoms with Crippen molar-refractivity contribution in [2.24, 2.45) is 0 Å². The van der Waals surface area contributed by atoms with Crippen LogP contribution in [0.5, 0.6) is 11.5 Å². The second kappa shape index (κ2) is 6.61. The third-order valence-corrected chi connectivity index (χ3v) is 2.71. The molecule has 0 aliphatic rings. The maximum Gasteiger partial charge on any atom is 0.341 e. The smallest absolute Gasteiger partial charge is 0.341 e. The molecule has 0 unspecified atom stereocenters. The lowest BCUT2D eigenvalue weighted by molar-refractivity contribution is 0.0523. The quantitative estimate of drug-likeness (QED) is 0.849. The molecule has 0 fully saturated rings. The van der Waals surface area contributed by atoms with Gasteiger partial charge in [0, 0.05) is 6.07 Å². The lowest BCUT2D eigenvalue weighted by atomic mass is 10.2. The number of phenols is 1. The molecule has 0 spiro atoms. The summed E-state index contributed by atoms with van der Waals surface area (Å²) < 4.78 is 10.4. The van der Waals surface area contributed by atoms with Gasteiger partial charge in [0.25, 0.3) is 0 Å². The summed E-state index contributed by atoms with van der Waals surface area (Å²) in [5, 5.41) is 9.80. The van der Waals surface area contributed by atoms with Crippen LogP contribution in [-0.2, 0) is 11.3 Å². The number of carbonyl (C=O) groups is 1. The molecule has 2 aromatic carbocycles. The van der Waals surface area contributed by atoms with E-state index in [4.69, 9.17) is 9.47 Å².